The summed E-state index contributed by atoms with van der Waals surface area (Å²) in [5, 5.41) is 2.54. The third kappa shape index (κ3) is 5.53. The first-order chi connectivity index (χ1) is 9.52. The minimum atomic E-state index is -0.746. The maximum atomic E-state index is 13.0. The summed E-state index contributed by atoms with van der Waals surface area (Å²) < 4.78 is 13.0. The number of carbonyl (C=O) groups excluding carboxylic acids is 2. The van der Waals surface area contributed by atoms with Crippen molar-refractivity contribution in [3.8, 4) is 12.3 Å². The summed E-state index contributed by atoms with van der Waals surface area (Å²) in [7, 11) is 0. The van der Waals surface area contributed by atoms with Gasteiger partial charge in [0.25, 0.3) is 0 Å². The number of nitrogens with one attached hydrogen (secondary N) is 1. The van der Waals surface area contributed by atoms with Crippen LogP contribution >= 0.6 is 0 Å². The maximum absolute atomic E-state index is 13.0. The lowest BCUT2D eigenvalue weighted by molar-refractivity contribution is -0.127. The Morgan fingerprint density at radius 3 is 2.80 bits per heavy atom. The average Bonchev–Trinajstić information content (AvgIpc) is 2.37. The quantitative estimate of drug-likeness (QED) is 0.579. The monoisotopic (exact) mass is 276 g/mol. The van der Waals surface area contributed by atoms with Gasteiger partial charge in [-0.05, 0) is 30.5 Å². The van der Waals surface area contributed by atoms with Gasteiger partial charge in [0.2, 0.25) is 11.8 Å². The number of carbonyl (C=O) groups is 2. The molecule has 0 unspecified atom stereocenters. The highest BCUT2D eigenvalue weighted by Gasteiger charge is 2.17. The van der Waals surface area contributed by atoms with Gasteiger partial charge in [0.05, 0.1) is 6.42 Å². The number of hydrogen-bond acceptors (Lipinski definition) is 2. The lowest BCUT2D eigenvalue weighted by Gasteiger charge is -2.14. The molecule has 3 N–H and O–H groups in total. The van der Waals surface area contributed by atoms with Crippen LogP contribution in [0.5, 0.6) is 0 Å². The predicted molar refractivity (Wildman–Crippen MR) is 73.9 cm³/mol. The second-order valence-corrected chi connectivity index (χ2v) is 4.43. The Morgan fingerprint density at radius 1 is 1.45 bits per heavy atom. The van der Waals surface area contributed by atoms with E-state index in [-0.39, 0.29) is 12.3 Å². The molecule has 0 heterocycles. The van der Waals surface area contributed by atoms with Crippen LogP contribution in [-0.2, 0) is 16.0 Å². The Morgan fingerprint density at radius 2 is 2.20 bits per heavy atom. The summed E-state index contributed by atoms with van der Waals surface area (Å²) in [6.07, 6.45) is 6.63. The number of amides is 2. The summed E-state index contributed by atoms with van der Waals surface area (Å²) in [5.74, 6) is 1.07. The van der Waals surface area contributed by atoms with Crippen molar-refractivity contribution in [2.24, 2.45) is 5.73 Å². The fourth-order valence-corrected chi connectivity index (χ4v) is 1.77. The lowest BCUT2D eigenvalue weighted by atomic mass is 10.1. The molecule has 2 amide bonds. The number of primary amides is 1. The van der Waals surface area contributed by atoms with E-state index >= 15 is 0 Å². The molecule has 0 saturated heterocycles. The number of halogens is 1. The molecule has 5 heteroatoms. The molecule has 1 aromatic rings. The van der Waals surface area contributed by atoms with Crippen LogP contribution in [0.15, 0.2) is 24.3 Å². The molecule has 0 radical (unpaired) electrons. The molecule has 1 aromatic carbocycles. The van der Waals surface area contributed by atoms with Gasteiger partial charge in [-0.3, -0.25) is 9.59 Å². The maximum Gasteiger partial charge on any atom is 0.240 e. The highest BCUT2D eigenvalue weighted by Crippen LogP contribution is 2.05. The van der Waals surface area contributed by atoms with E-state index in [0.717, 1.165) is 0 Å². The van der Waals surface area contributed by atoms with E-state index in [1.54, 1.807) is 6.07 Å². The SMILES string of the molecule is C#CCCC[C@@H](NC(=O)Cc1cccc(F)c1)C(N)=O. The van der Waals surface area contributed by atoms with E-state index in [2.05, 4.69) is 11.2 Å². The van der Waals surface area contributed by atoms with Crippen LogP contribution in [0.25, 0.3) is 0 Å². The third-order valence-electron chi connectivity index (χ3n) is 2.75. The van der Waals surface area contributed by atoms with Gasteiger partial charge in [0.1, 0.15) is 11.9 Å². The summed E-state index contributed by atoms with van der Waals surface area (Å²) in [5.41, 5.74) is 5.76. The molecule has 0 aliphatic rings. The molecular formula is C15H17FN2O2. The zero-order valence-electron chi connectivity index (χ0n) is 11.1. The van der Waals surface area contributed by atoms with E-state index in [0.29, 0.717) is 24.8 Å². The minimum Gasteiger partial charge on any atom is -0.368 e. The van der Waals surface area contributed by atoms with Crippen molar-refractivity contribution in [2.75, 3.05) is 0 Å². The van der Waals surface area contributed by atoms with Gasteiger partial charge in [0.15, 0.2) is 0 Å². The van der Waals surface area contributed by atoms with E-state index in [1.165, 1.54) is 18.2 Å². The van der Waals surface area contributed by atoms with Crippen LogP contribution in [0.3, 0.4) is 0 Å². The zero-order chi connectivity index (χ0) is 15.0. The van der Waals surface area contributed by atoms with Gasteiger partial charge >= 0.3 is 0 Å². The fraction of sp³-hybridized carbons (Fsp3) is 0.333. The van der Waals surface area contributed by atoms with Crippen LogP contribution in [-0.4, -0.2) is 17.9 Å². The van der Waals surface area contributed by atoms with Crippen molar-refractivity contribution in [1.82, 2.24) is 5.32 Å². The lowest BCUT2D eigenvalue weighted by Crippen LogP contribution is -2.44. The predicted octanol–water partition coefficient (Wildman–Crippen LogP) is 1.14. The van der Waals surface area contributed by atoms with Crippen LogP contribution in [0.2, 0.25) is 0 Å². The first-order valence-electron chi connectivity index (χ1n) is 6.29. The summed E-state index contributed by atoms with van der Waals surface area (Å²) in [4.78, 5) is 23.0. The van der Waals surface area contributed by atoms with Gasteiger partial charge in [-0.1, -0.05) is 12.1 Å². The van der Waals surface area contributed by atoms with Crippen molar-refractivity contribution in [3.05, 3.63) is 35.6 Å². The molecule has 1 atom stereocenters. The van der Waals surface area contributed by atoms with Crippen molar-refractivity contribution in [3.63, 3.8) is 0 Å². The molecule has 0 aliphatic heterocycles. The summed E-state index contributed by atoms with van der Waals surface area (Å²) in [6.45, 7) is 0. The molecule has 0 aliphatic carbocycles. The first-order valence-corrected chi connectivity index (χ1v) is 6.29. The van der Waals surface area contributed by atoms with E-state index < -0.39 is 17.8 Å². The van der Waals surface area contributed by atoms with Crippen molar-refractivity contribution < 1.29 is 14.0 Å². The number of terminal acetylenes is 1. The smallest absolute Gasteiger partial charge is 0.240 e. The number of unbranched alkanes of at least 4 members (excludes halogenated alkanes) is 1. The van der Waals surface area contributed by atoms with Crippen molar-refractivity contribution in [2.45, 2.75) is 31.7 Å². The third-order valence-corrected chi connectivity index (χ3v) is 2.75. The average molecular weight is 276 g/mol. The molecule has 0 spiro atoms. The molecule has 0 fully saturated rings. The number of benzene rings is 1. The topological polar surface area (TPSA) is 72.2 Å². The fourth-order valence-electron chi connectivity index (χ4n) is 1.77. The summed E-state index contributed by atoms with van der Waals surface area (Å²) >= 11 is 0. The highest BCUT2D eigenvalue weighted by molar-refractivity contribution is 5.87. The Labute approximate surface area is 117 Å². The zero-order valence-corrected chi connectivity index (χ0v) is 11.1. The number of rotatable bonds is 7. The normalized spacial score (nSPS) is 11.4. The van der Waals surface area contributed by atoms with Crippen molar-refractivity contribution >= 4 is 11.8 Å². The van der Waals surface area contributed by atoms with Crippen molar-refractivity contribution in [1.29, 1.82) is 0 Å². The number of hydrogen-bond donors (Lipinski definition) is 2. The Balaban J connectivity index is 2.53. The molecule has 106 valence electrons. The largest absolute Gasteiger partial charge is 0.368 e. The molecular weight excluding hydrogens is 259 g/mol. The van der Waals surface area contributed by atoms with Gasteiger partial charge in [-0.25, -0.2) is 4.39 Å². The standard InChI is InChI=1S/C15H17FN2O2/c1-2-3-4-8-13(15(17)20)18-14(19)10-11-6-5-7-12(16)9-11/h1,5-7,9,13H,3-4,8,10H2,(H2,17,20)(H,18,19)/t13-/m1/s1. The highest BCUT2D eigenvalue weighted by atomic mass is 19.1. The second-order valence-electron chi connectivity index (χ2n) is 4.43. The minimum absolute atomic E-state index is 0.00329. The van der Waals surface area contributed by atoms with E-state index in [1.807, 2.05) is 0 Å². The Hall–Kier alpha value is -2.35. The van der Waals surface area contributed by atoms with Crippen LogP contribution in [0.4, 0.5) is 4.39 Å². The molecule has 0 saturated carbocycles. The summed E-state index contributed by atoms with van der Waals surface area (Å²) in [6, 6.07) is 4.99. The number of nitrogens with two attached hydrogens (primary N) is 1. The molecule has 20 heavy (non-hydrogen) atoms. The Kier molecular flexibility index (Phi) is 6.24. The van der Waals surface area contributed by atoms with Gasteiger partial charge in [0, 0.05) is 6.42 Å². The molecule has 0 bridgehead atoms. The molecule has 0 aromatic heterocycles. The second kappa shape index (κ2) is 7.95. The van der Waals surface area contributed by atoms with Gasteiger partial charge in [-0.15, -0.1) is 12.3 Å². The first kappa shape index (κ1) is 15.7. The Bertz CT molecular complexity index is 523. The molecule has 1 rings (SSSR count). The van der Waals surface area contributed by atoms with E-state index in [4.69, 9.17) is 12.2 Å². The van der Waals surface area contributed by atoms with Gasteiger partial charge < -0.3 is 11.1 Å². The van der Waals surface area contributed by atoms with Crippen LogP contribution in [0.1, 0.15) is 24.8 Å². The van der Waals surface area contributed by atoms with Crippen LogP contribution in [0, 0.1) is 18.2 Å². The molecule has 4 nitrogen and oxygen atoms in total. The van der Waals surface area contributed by atoms with Crippen LogP contribution < -0.4 is 11.1 Å². The van der Waals surface area contributed by atoms with E-state index in [9.17, 15) is 14.0 Å². The van der Waals surface area contributed by atoms with Gasteiger partial charge in [-0.2, -0.15) is 0 Å².